The van der Waals surface area contributed by atoms with Crippen molar-refractivity contribution in [3.8, 4) is 5.88 Å². The third-order valence-electron chi connectivity index (χ3n) is 0.688. The summed E-state index contributed by atoms with van der Waals surface area (Å²) in [6.45, 7) is 0. The van der Waals surface area contributed by atoms with Crippen LogP contribution >= 0.6 is 0 Å². The van der Waals surface area contributed by atoms with Gasteiger partial charge >= 0.3 is 5.69 Å². The van der Waals surface area contributed by atoms with Gasteiger partial charge in [-0.05, 0) is 0 Å². The molecule has 0 fully saturated rings. The molecule has 0 aliphatic rings. The predicted octanol–water partition coefficient (Wildman–Crippen LogP) is -0.881. The Balaban J connectivity index is 3.35. The molecule has 0 spiro atoms. The van der Waals surface area contributed by atoms with Crippen molar-refractivity contribution in [2.75, 3.05) is 0 Å². The van der Waals surface area contributed by atoms with Gasteiger partial charge in [0.05, 0.1) is 0 Å². The fourth-order valence-corrected chi connectivity index (χ4v) is 0.374. The smallest absolute Gasteiger partial charge is 0.361 e. The summed E-state index contributed by atoms with van der Waals surface area (Å²) in [7, 11) is 0. The monoisotopic (exact) mass is 116 g/mol. The van der Waals surface area contributed by atoms with Crippen LogP contribution in [0.2, 0.25) is 0 Å². The van der Waals surface area contributed by atoms with Crippen LogP contribution in [0.1, 0.15) is 0 Å². The molecule has 1 heterocycles. The van der Waals surface area contributed by atoms with Gasteiger partial charge in [0.25, 0.3) is 0 Å². The van der Waals surface area contributed by atoms with Gasteiger partial charge in [-0.15, -0.1) is 4.73 Å². The molecule has 0 bridgehead atoms. The number of hydrogen-bond donors (Lipinski definition) is 3. The molecule has 3 N–H and O–H groups in total. The van der Waals surface area contributed by atoms with Crippen LogP contribution in [0.3, 0.4) is 0 Å². The highest BCUT2D eigenvalue weighted by Crippen LogP contribution is 1.93. The number of aromatic hydroxyl groups is 1. The van der Waals surface area contributed by atoms with Gasteiger partial charge in [0.1, 0.15) is 6.20 Å². The van der Waals surface area contributed by atoms with Crippen molar-refractivity contribution in [3.05, 3.63) is 16.7 Å². The SMILES string of the molecule is O=c1[nH]c(O)cn1O. The minimum Gasteiger partial charge on any atom is -0.493 e. The Labute approximate surface area is 43.8 Å². The molecule has 8 heavy (non-hydrogen) atoms. The first kappa shape index (κ1) is 4.76. The van der Waals surface area contributed by atoms with Crippen LogP contribution in [0.25, 0.3) is 0 Å². The zero-order valence-electron chi connectivity index (χ0n) is 3.83. The molecule has 5 heteroatoms. The fraction of sp³-hybridized carbons (Fsp3) is 0. The van der Waals surface area contributed by atoms with Crippen LogP contribution in [0.15, 0.2) is 11.0 Å². The average Bonchev–Trinajstić information content (AvgIpc) is 1.85. The largest absolute Gasteiger partial charge is 0.493 e. The molecule has 0 aliphatic heterocycles. The Bertz CT molecular complexity index is 235. The highest BCUT2D eigenvalue weighted by atomic mass is 16.5. The van der Waals surface area contributed by atoms with E-state index in [-0.39, 0.29) is 10.6 Å². The maximum atomic E-state index is 10.1. The second-order valence-electron chi connectivity index (χ2n) is 1.29. The summed E-state index contributed by atoms with van der Waals surface area (Å²) in [4.78, 5) is 12.1. The van der Waals surface area contributed by atoms with Crippen LogP contribution in [-0.4, -0.2) is 20.0 Å². The van der Waals surface area contributed by atoms with Crippen molar-refractivity contribution < 1.29 is 10.3 Å². The third kappa shape index (κ3) is 0.534. The Hall–Kier alpha value is -1.39. The van der Waals surface area contributed by atoms with E-state index in [4.69, 9.17) is 10.3 Å². The van der Waals surface area contributed by atoms with E-state index < -0.39 is 5.69 Å². The Kier molecular flexibility index (Phi) is 0.768. The lowest BCUT2D eigenvalue weighted by atomic mass is 10.9. The number of hydrogen-bond acceptors (Lipinski definition) is 3. The van der Waals surface area contributed by atoms with Gasteiger partial charge in [-0.3, -0.25) is 4.98 Å². The zero-order valence-corrected chi connectivity index (χ0v) is 3.83. The van der Waals surface area contributed by atoms with Crippen molar-refractivity contribution in [1.29, 1.82) is 0 Å². The zero-order chi connectivity index (χ0) is 6.15. The van der Waals surface area contributed by atoms with E-state index in [1.54, 1.807) is 0 Å². The Morgan fingerprint density at radius 3 is 2.50 bits per heavy atom. The van der Waals surface area contributed by atoms with E-state index in [1.807, 2.05) is 4.98 Å². The average molecular weight is 116 g/mol. The lowest BCUT2D eigenvalue weighted by Crippen LogP contribution is -2.12. The summed E-state index contributed by atoms with van der Waals surface area (Å²) < 4.78 is 0.259. The molecule has 0 aromatic carbocycles. The van der Waals surface area contributed by atoms with Gasteiger partial charge in [-0.25, -0.2) is 4.79 Å². The molecule has 0 saturated carbocycles. The molecule has 0 saturated heterocycles. The molecular formula is C3H4N2O3. The fourth-order valence-electron chi connectivity index (χ4n) is 0.374. The van der Waals surface area contributed by atoms with Crippen LogP contribution in [-0.2, 0) is 0 Å². The third-order valence-corrected chi connectivity index (χ3v) is 0.688. The number of nitrogens with one attached hydrogen (secondary N) is 1. The van der Waals surface area contributed by atoms with Gasteiger partial charge < -0.3 is 10.3 Å². The molecule has 0 atom stereocenters. The number of imidazole rings is 1. The van der Waals surface area contributed by atoms with E-state index in [1.165, 1.54) is 0 Å². The number of H-pyrrole nitrogens is 1. The standard InChI is InChI=1S/C3H4N2O3/c6-2-1-5(8)3(7)4-2/h1,6,8H,(H,4,7). The van der Waals surface area contributed by atoms with Crippen LogP contribution in [0, 0.1) is 0 Å². The van der Waals surface area contributed by atoms with Gasteiger partial charge in [-0.2, -0.15) is 0 Å². The van der Waals surface area contributed by atoms with Crippen LogP contribution in [0.4, 0.5) is 0 Å². The van der Waals surface area contributed by atoms with E-state index in [2.05, 4.69) is 0 Å². The second-order valence-corrected chi connectivity index (χ2v) is 1.29. The Morgan fingerprint density at radius 1 is 1.75 bits per heavy atom. The first-order chi connectivity index (χ1) is 3.70. The van der Waals surface area contributed by atoms with Crippen molar-refractivity contribution in [3.63, 3.8) is 0 Å². The number of aromatic amines is 1. The van der Waals surface area contributed by atoms with Crippen LogP contribution < -0.4 is 5.69 Å². The van der Waals surface area contributed by atoms with Gasteiger partial charge in [-0.1, -0.05) is 0 Å². The maximum absolute atomic E-state index is 10.1. The number of aromatic nitrogens is 2. The summed E-state index contributed by atoms with van der Waals surface area (Å²) in [6, 6.07) is 0. The van der Waals surface area contributed by atoms with E-state index >= 15 is 0 Å². The van der Waals surface area contributed by atoms with Gasteiger partial charge in [0.2, 0.25) is 5.88 Å². The highest BCUT2D eigenvalue weighted by molar-refractivity contribution is 4.98. The Morgan fingerprint density at radius 2 is 2.38 bits per heavy atom. The summed E-state index contributed by atoms with van der Waals surface area (Å²) in [6.07, 6.45) is 0.863. The first-order valence-electron chi connectivity index (χ1n) is 1.90. The van der Waals surface area contributed by atoms with Gasteiger partial charge in [0, 0.05) is 0 Å². The van der Waals surface area contributed by atoms with Crippen LogP contribution in [0.5, 0.6) is 5.88 Å². The predicted molar refractivity (Wildman–Crippen MR) is 23.9 cm³/mol. The summed E-state index contributed by atoms with van der Waals surface area (Å²) in [5.41, 5.74) is -0.748. The topological polar surface area (TPSA) is 78.2 Å². The molecule has 0 amide bonds. The van der Waals surface area contributed by atoms with Crippen molar-refractivity contribution in [1.82, 2.24) is 9.71 Å². The summed E-state index contributed by atoms with van der Waals surface area (Å²) >= 11 is 0. The molecule has 0 aliphatic carbocycles. The quantitative estimate of drug-likeness (QED) is 0.385. The van der Waals surface area contributed by atoms with E-state index in [0.717, 1.165) is 6.20 Å². The molecule has 0 radical (unpaired) electrons. The lowest BCUT2D eigenvalue weighted by molar-refractivity contribution is 0.175. The summed E-state index contributed by atoms with van der Waals surface area (Å²) in [5.74, 6) is -0.350. The number of rotatable bonds is 0. The van der Waals surface area contributed by atoms with E-state index in [9.17, 15) is 4.79 Å². The minimum absolute atomic E-state index is 0.259. The second kappa shape index (κ2) is 1.29. The molecule has 5 nitrogen and oxygen atoms in total. The maximum Gasteiger partial charge on any atom is 0.361 e. The van der Waals surface area contributed by atoms with Crippen molar-refractivity contribution in [2.45, 2.75) is 0 Å². The normalized spacial score (nSPS) is 9.50. The molecular weight excluding hydrogens is 112 g/mol. The highest BCUT2D eigenvalue weighted by Gasteiger charge is 1.94. The molecule has 1 aromatic heterocycles. The molecule has 1 aromatic rings. The van der Waals surface area contributed by atoms with Gasteiger partial charge in [0.15, 0.2) is 0 Å². The lowest BCUT2D eigenvalue weighted by Gasteiger charge is -1.76. The van der Waals surface area contributed by atoms with Crippen molar-refractivity contribution >= 4 is 0 Å². The molecule has 0 unspecified atom stereocenters. The summed E-state index contributed by atoms with van der Waals surface area (Å²) in [5, 5.41) is 16.8. The van der Waals surface area contributed by atoms with E-state index in [0.29, 0.717) is 0 Å². The minimum atomic E-state index is -0.748. The van der Waals surface area contributed by atoms with Crippen molar-refractivity contribution in [2.24, 2.45) is 0 Å². The molecule has 1 rings (SSSR count). The number of nitrogens with zero attached hydrogens (tertiary/aromatic N) is 1. The first-order valence-corrected chi connectivity index (χ1v) is 1.90. The molecule has 44 valence electrons.